The smallest absolute Gasteiger partial charge is 0.224 e. The molecule has 2 N–H and O–H groups in total. The van der Waals surface area contributed by atoms with Crippen molar-refractivity contribution in [1.82, 2.24) is 15.1 Å². The van der Waals surface area contributed by atoms with Gasteiger partial charge in [-0.1, -0.05) is 31.4 Å². The molecule has 1 amide bonds. The summed E-state index contributed by atoms with van der Waals surface area (Å²) >= 11 is 0. The van der Waals surface area contributed by atoms with E-state index in [0.29, 0.717) is 6.42 Å². The molecule has 5 heteroatoms. The lowest BCUT2D eigenvalue weighted by atomic mass is 9.95. The Morgan fingerprint density at radius 1 is 1.21 bits per heavy atom. The van der Waals surface area contributed by atoms with Gasteiger partial charge in [-0.05, 0) is 36.6 Å². The number of hydrogen-bond donors (Lipinski definition) is 2. The zero-order valence-corrected chi connectivity index (χ0v) is 13.9. The average Bonchev–Trinajstić information content (AvgIpc) is 3.03. The highest BCUT2D eigenvalue weighted by Gasteiger charge is 2.24. The van der Waals surface area contributed by atoms with Crippen LogP contribution in [-0.2, 0) is 11.2 Å². The van der Waals surface area contributed by atoms with Crippen molar-refractivity contribution in [2.45, 2.75) is 44.6 Å². The quantitative estimate of drug-likeness (QED) is 0.829. The van der Waals surface area contributed by atoms with Crippen LogP contribution in [0.25, 0.3) is 5.69 Å². The van der Waals surface area contributed by atoms with E-state index in [2.05, 4.69) is 10.4 Å². The standard InChI is InChI=1S/C19H25N3O2/c23-14-16-5-2-1-3-6-18(16)21-19(24)13-15-7-9-17(10-8-15)22-12-4-11-20-22/h4,7-12,16,18,23H,1-3,5-6,13-14H2,(H,21,24). The number of nitrogens with one attached hydrogen (secondary N) is 1. The molecule has 0 radical (unpaired) electrons. The lowest BCUT2D eigenvalue weighted by molar-refractivity contribution is -0.121. The lowest BCUT2D eigenvalue weighted by Crippen LogP contribution is -2.41. The molecule has 5 nitrogen and oxygen atoms in total. The Bertz CT molecular complexity index is 637. The molecule has 1 heterocycles. The highest BCUT2D eigenvalue weighted by Crippen LogP contribution is 2.23. The molecule has 1 saturated carbocycles. The highest BCUT2D eigenvalue weighted by molar-refractivity contribution is 5.79. The van der Waals surface area contributed by atoms with Crippen LogP contribution in [0.4, 0.5) is 0 Å². The molecule has 1 aliphatic rings. The van der Waals surface area contributed by atoms with Crippen molar-refractivity contribution >= 4 is 5.91 Å². The molecule has 24 heavy (non-hydrogen) atoms. The van der Waals surface area contributed by atoms with Crippen LogP contribution in [0.3, 0.4) is 0 Å². The van der Waals surface area contributed by atoms with E-state index in [0.717, 1.165) is 36.9 Å². The van der Waals surface area contributed by atoms with E-state index in [1.807, 2.05) is 36.5 Å². The van der Waals surface area contributed by atoms with Crippen LogP contribution in [-0.4, -0.2) is 33.4 Å². The van der Waals surface area contributed by atoms with Crippen LogP contribution in [0.1, 0.15) is 37.7 Å². The zero-order chi connectivity index (χ0) is 16.8. The normalized spacial score (nSPS) is 21.2. The van der Waals surface area contributed by atoms with E-state index in [4.69, 9.17) is 0 Å². The molecule has 3 rings (SSSR count). The number of nitrogens with zero attached hydrogens (tertiary/aromatic N) is 2. The molecule has 0 saturated heterocycles. The van der Waals surface area contributed by atoms with Crippen LogP contribution in [0.5, 0.6) is 0 Å². The average molecular weight is 327 g/mol. The fraction of sp³-hybridized carbons (Fsp3) is 0.474. The maximum Gasteiger partial charge on any atom is 0.224 e. The maximum atomic E-state index is 12.4. The van der Waals surface area contributed by atoms with Crippen LogP contribution in [0.2, 0.25) is 0 Å². The van der Waals surface area contributed by atoms with Gasteiger partial charge >= 0.3 is 0 Å². The van der Waals surface area contributed by atoms with Crippen molar-refractivity contribution < 1.29 is 9.90 Å². The molecule has 128 valence electrons. The molecule has 1 aliphatic carbocycles. The molecule has 0 aliphatic heterocycles. The summed E-state index contributed by atoms with van der Waals surface area (Å²) < 4.78 is 1.79. The summed E-state index contributed by atoms with van der Waals surface area (Å²) in [5.41, 5.74) is 1.96. The molecule has 0 spiro atoms. The van der Waals surface area contributed by atoms with Crippen molar-refractivity contribution in [3.05, 3.63) is 48.3 Å². The molecule has 2 unspecified atom stereocenters. The first kappa shape index (κ1) is 16.7. The Labute approximate surface area is 142 Å². The van der Waals surface area contributed by atoms with E-state index < -0.39 is 0 Å². The van der Waals surface area contributed by atoms with Gasteiger partial charge in [0.05, 0.1) is 12.1 Å². The first-order valence-corrected chi connectivity index (χ1v) is 8.75. The first-order chi connectivity index (χ1) is 11.8. The van der Waals surface area contributed by atoms with Gasteiger partial charge in [0.25, 0.3) is 0 Å². The monoisotopic (exact) mass is 327 g/mol. The summed E-state index contributed by atoms with van der Waals surface area (Å²) in [6.45, 7) is 0.156. The number of aromatic nitrogens is 2. The van der Waals surface area contributed by atoms with Gasteiger partial charge in [-0.3, -0.25) is 4.79 Å². The SMILES string of the molecule is O=C(Cc1ccc(-n2cccn2)cc1)NC1CCCCCC1CO. The molecular formula is C19H25N3O2. The van der Waals surface area contributed by atoms with Crippen molar-refractivity contribution in [3.63, 3.8) is 0 Å². The number of hydrogen-bond acceptors (Lipinski definition) is 3. The molecule has 1 aromatic carbocycles. The number of carbonyl (C=O) groups excluding carboxylic acids is 1. The minimum atomic E-state index is 0.0344. The molecule has 1 aromatic heterocycles. The predicted molar refractivity (Wildman–Crippen MR) is 92.9 cm³/mol. The Morgan fingerprint density at radius 2 is 2.00 bits per heavy atom. The van der Waals surface area contributed by atoms with Gasteiger partial charge < -0.3 is 10.4 Å². The summed E-state index contributed by atoms with van der Waals surface area (Å²) in [5.74, 6) is 0.228. The predicted octanol–water partition coefficient (Wildman–Crippen LogP) is 2.47. The number of benzene rings is 1. The molecule has 2 aromatic rings. The van der Waals surface area contributed by atoms with Gasteiger partial charge in [0.2, 0.25) is 5.91 Å². The third-order valence-electron chi connectivity index (χ3n) is 4.81. The van der Waals surface area contributed by atoms with Crippen LogP contribution in [0, 0.1) is 5.92 Å². The van der Waals surface area contributed by atoms with Gasteiger partial charge in [0, 0.05) is 31.0 Å². The van der Waals surface area contributed by atoms with Crippen molar-refractivity contribution in [2.75, 3.05) is 6.61 Å². The summed E-state index contributed by atoms with van der Waals surface area (Å²) in [6.07, 6.45) is 9.43. The van der Waals surface area contributed by atoms with Crippen LogP contribution >= 0.6 is 0 Å². The topological polar surface area (TPSA) is 67.2 Å². The Morgan fingerprint density at radius 3 is 2.71 bits per heavy atom. The van der Waals surface area contributed by atoms with Gasteiger partial charge in [0.1, 0.15) is 0 Å². The van der Waals surface area contributed by atoms with Gasteiger partial charge in [-0.15, -0.1) is 0 Å². The maximum absolute atomic E-state index is 12.4. The first-order valence-electron chi connectivity index (χ1n) is 8.75. The van der Waals surface area contributed by atoms with Gasteiger partial charge in [-0.2, -0.15) is 5.10 Å². The minimum Gasteiger partial charge on any atom is -0.396 e. The summed E-state index contributed by atoms with van der Waals surface area (Å²) in [6, 6.07) is 9.86. The third kappa shape index (κ3) is 4.23. The summed E-state index contributed by atoms with van der Waals surface area (Å²) in [7, 11) is 0. The van der Waals surface area contributed by atoms with E-state index >= 15 is 0 Å². The number of carbonyl (C=O) groups is 1. The van der Waals surface area contributed by atoms with E-state index in [1.54, 1.807) is 10.9 Å². The van der Waals surface area contributed by atoms with E-state index in [1.165, 1.54) is 6.42 Å². The van der Waals surface area contributed by atoms with Crippen molar-refractivity contribution in [2.24, 2.45) is 5.92 Å². The number of rotatable bonds is 5. The van der Waals surface area contributed by atoms with Gasteiger partial charge in [0.15, 0.2) is 0 Å². The second kappa shape index (κ2) is 8.11. The summed E-state index contributed by atoms with van der Waals surface area (Å²) in [5, 5.41) is 16.9. The largest absolute Gasteiger partial charge is 0.396 e. The molecular weight excluding hydrogens is 302 g/mol. The summed E-state index contributed by atoms with van der Waals surface area (Å²) in [4.78, 5) is 12.4. The number of aliphatic hydroxyl groups is 1. The Kier molecular flexibility index (Phi) is 5.64. The Balaban J connectivity index is 1.58. The number of aliphatic hydroxyl groups excluding tert-OH is 1. The zero-order valence-electron chi connectivity index (χ0n) is 13.9. The van der Waals surface area contributed by atoms with Crippen LogP contribution in [0.15, 0.2) is 42.7 Å². The lowest BCUT2D eigenvalue weighted by Gasteiger charge is -2.24. The van der Waals surface area contributed by atoms with Gasteiger partial charge in [-0.25, -0.2) is 4.68 Å². The van der Waals surface area contributed by atoms with E-state index in [-0.39, 0.29) is 24.5 Å². The fourth-order valence-corrected chi connectivity index (χ4v) is 3.42. The number of amides is 1. The third-order valence-corrected chi connectivity index (χ3v) is 4.81. The fourth-order valence-electron chi connectivity index (χ4n) is 3.42. The Hall–Kier alpha value is -2.14. The molecule has 1 fully saturated rings. The molecule has 2 atom stereocenters. The molecule has 0 bridgehead atoms. The second-order valence-electron chi connectivity index (χ2n) is 6.55. The second-order valence-corrected chi connectivity index (χ2v) is 6.55. The minimum absolute atomic E-state index is 0.0344. The highest BCUT2D eigenvalue weighted by atomic mass is 16.3. The van der Waals surface area contributed by atoms with Crippen LogP contribution < -0.4 is 5.32 Å². The van der Waals surface area contributed by atoms with Crippen molar-refractivity contribution in [1.29, 1.82) is 0 Å². The van der Waals surface area contributed by atoms with E-state index in [9.17, 15) is 9.90 Å². The van der Waals surface area contributed by atoms with Crippen molar-refractivity contribution in [3.8, 4) is 5.69 Å².